The molecule has 0 spiro atoms. The van der Waals surface area contributed by atoms with Crippen LogP contribution >= 0.6 is 0 Å². The average Bonchev–Trinajstić information content (AvgIpc) is 2.97. The topological polar surface area (TPSA) is 43.8 Å². The van der Waals surface area contributed by atoms with Crippen molar-refractivity contribution in [1.29, 1.82) is 0 Å². The van der Waals surface area contributed by atoms with Gasteiger partial charge in [-0.2, -0.15) is 0 Å². The number of aliphatic hydroxyl groups excluding tert-OH is 1. The van der Waals surface area contributed by atoms with Crippen LogP contribution in [0.25, 0.3) is 0 Å². The number of benzene rings is 1. The first-order valence-corrected chi connectivity index (χ1v) is 7.44. The third kappa shape index (κ3) is 1.59. The molecule has 2 saturated heterocycles. The highest BCUT2D eigenvalue weighted by molar-refractivity contribution is 5.80. The number of hydrogen-bond donors (Lipinski definition) is 1. The average molecular weight is 290 g/mol. The number of carbonyl (C=O) groups is 1. The summed E-state index contributed by atoms with van der Waals surface area (Å²) in [5.41, 5.74) is 1.85. The summed E-state index contributed by atoms with van der Waals surface area (Å²) >= 11 is 0. The number of hydrazine groups is 1. The molecule has 4 nitrogen and oxygen atoms in total. The Morgan fingerprint density at radius 1 is 1.43 bits per heavy atom. The molecule has 2 aliphatic heterocycles. The van der Waals surface area contributed by atoms with Gasteiger partial charge in [-0.15, -0.1) is 0 Å². The number of rotatable bonds is 1. The van der Waals surface area contributed by atoms with Crippen LogP contribution in [0, 0.1) is 11.7 Å². The Labute approximate surface area is 123 Å². The van der Waals surface area contributed by atoms with E-state index in [0.29, 0.717) is 6.42 Å². The summed E-state index contributed by atoms with van der Waals surface area (Å²) in [6.07, 6.45) is 1.18. The predicted octanol–water partition coefficient (Wildman–Crippen LogP) is 1.64. The maximum atomic E-state index is 13.5. The minimum Gasteiger partial charge on any atom is -0.394 e. The molecule has 0 aromatic heterocycles. The Hall–Kier alpha value is -1.46. The lowest BCUT2D eigenvalue weighted by Gasteiger charge is -2.36. The predicted molar refractivity (Wildman–Crippen MR) is 74.6 cm³/mol. The summed E-state index contributed by atoms with van der Waals surface area (Å²) in [7, 11) is 0. The lowest BCUT2D eigenvalue weighted by atomic mass is 9.90. The Kier molecular flexibility index (Phi) is 2.55. The van der Waals surface area contributed by atoms with E-state index in [1.54, 1.807) is 11.1 Å². The van der Waals surface area contributed by atoms with Crippen molar-refractivity contribution in [2.75, 3.05) is 6.61 Å². The van der Waals surface area contributed by atoms with Crippen LogP contribution in [0.5, 0.6) is 0 Å². The van der Waals surface area contributed by atoms with Gasteiger partial charge in [-0.25, -0.2) is 9.40 Å². The van der Waals surface area contributed by atoms with Crippen LogP contribution in [0.15, 0.2) is 18.2 Å². The molecule has 21 heavy (non-hydrogen) atoms. The minimum absolute atomic E-state index is 0.0457. The van der Waals surface area contributed by atoms with Gasteiger partial charge in [0.1, 0.15) is 5.82 Å². The molecule has 2 heterocycles. The second kappa shape index (κ2) is 4.05. The maximum Gasteiger partial charge on any atom is 0.239 e. The third-order valence-electron chi connectivity index (χ3n) is 5.24. The summed E-state index contributed by atoms with van der Waals surface area (Å²) in [5, 5.41) is 13.7. The number of halogens is 1. The largest absolute Gasteiger partial charge is 0.394 e. The summed E-state index contributed by atoms with van der Waals surface area (Å²) in [6.45, 7) is 4.07. The monoisotopic (exact) mass is 290 g/mol. The van der Waals surface area contributed by atoms with Gasteiger partial charge in [-0.3, -0.25) is 9.80 Å². The van der Waals surface area contributed by atoms with Crippen molar-refractivity contribution in [2.45, 2.75) is 44.3 Å². The second-order valence-corrected chi connectivity index (χ2v) is 6.98. The highest BCUT2D eigenvalue weighted by Crippen LogP contribution is 2.55. The summed E-state index contributed by atoms with van der Waals surface area (Å²) < 4.78 is 13.5. The van der Waals surface area contributed by atoms with E-state index in [4.69, 9.17) is 0 Å². The molecular weight excluding hydrogens is 271 g/mol. The van der Waals surface area contributed by atoms with Gasteiger partial charge in [0.25, 0.3) is 0 Å². The van der Waals surface area contributed by atoms with Gasteiger partial charge in [0.2, 0.25) is 5.91 Å². The molecule has 0 bridgehead atoms. The van der Waals surface area contributed by atoms with E-state index in [9.17, 15) is 14.3 Å². The van der Waals surface area contributed by atoms with E-state index < -0.39 is 0 Å². The van der Waals surface area contributed by atoms with Crippen LogP contribution in [-0.2, 0) is 11.2 Å². The van der Waals surface area contributed by atoms with Gasteiger partial charge >= 0.3 is 0 Å². The normalized spacial score (nSPS) is 33.2. The summed E-state index contributed by atoms with van der Waals surface area (Å²) in [5.74, 6) is 0.00956. The van der Waals surface area contributed by atoms with Crippen molar-refractivity contribution in [2.24, 2.45) is 5.92 Å². The molecule has 1 aromatic rings. The van der Waals surface area contributed by atoms with E-state index in [1.165, 1.54) is 6.07 Å². The van der Waals surface area contributed by atoms with Gasteiger partial charge < -0.3 is 5.11 Å². The molecule has 0 radical (unpaired) electrons. The molecule has 112 valence electrons. The van der Waals surface area contributed by atoms with Gasteiger partial charge in [-0.1, -0.05) is 6.07 Å². The molecule has 1 N–H and O–H groups in total. The maximum absolute atomic E-state index is 13.5. The molecule has 2 fully saturated rings. The summed E-state index contributed by atoms with van der Waals surface area (Å²) in [6, 6.07) is 4.80. The Bertz CT molecular complexity index is 631. The smallest absolute Gasteiger partial charge is 0.239 e. The van der Waals surface area contributed by atoms with E-state index in [0.717, 1.165) is 17.5 Å². The molecule has 3 aliphatic rings. The summed E-state index contributed by atoms with van der Waals surface area (Å²) in [4.78, 5) is 12.4. The van der Waals surface area contributed by atoms with E-state index >= 15 is 0 Å². The first-order chi connectivity index (χ1) is 9.94. The molecule has 0 saturated carbocycles. The Morgan fingerprint density at radius 3 is 2.90 bits per heavy atom. The van der Waals surface area contributed by atoms with Crippen molar-refractivity contribution < 1.29 is 14.3 Å². The lowest BCUT2D eigenvalue weighted by molar-refractivity contribution is -0.142. The fourth-order valence-electron chi connectivity index (χ4n) is 4.49. The van der Waals surface area contributed by atoms with Gasteiger partial charge in [0, 0.05) is 17.9 Å². The molecule has 1 aliphatic carbocycles. The zero-order valence-corrected chi connectivity index (χ0v) is 12.2. The van der Waals surface area contributed by atoms with Gasteiger partial charge in [0.05, 0.1) is 18.7 Å². The van der Waals surface area contributed by atoms with E-state index in [-0.39, 0.29) is 41.9 Å². The molecule has 5 heteroatoms. The van der Waals surface area contributed by atoms with Crippen molar-refractivity contribution in [3.63, 3.8) is 0 Å². The zero-order valence-electron chi connectivity index (χ0n) is 12.2. The van der Waals surface area contributed by atoms with Crippen molar-refractivity contribution >= 4 is 5.91 Å². The number of fused-ring (bicyclic) bond motifs is 5. The van der Waals surface area contributed by atoms with Crippen molar-refractivity contribution in [1.82, 2.24) is 10.0 Å². The first-order valence-electron chi connectivity index (χ1n) is 7.44. The molecule has 3 atom stereocenters. The zero-order chi connectivity index (χ0) is 14.9. The molecule has 1 amide bonds. The fourth-order valence-corrected chi connectivity index (χ4v) is 4.49. The molecular formula is C16H19FN2O2. The number of aliphatic hydroxyl groups is 1. The van der Waals surface area contributed by atoms with Crippen LogP contribution < -0.4 is 0 Å². The standard InChI is InChI=1S/C16H19FN2O2/c1-16(2)7-14(21)18-13(8-20)12-6-9-5-10(17)3-4-11(9)15(12)19(16)18/h3-5,12-13,15,20H,6-8H2,1-2H3. The number of amides is 1. The van der Waals surface area contributed by atoms with Crippen LogP contribution in [0.2, 0.25) is 0 Å². The molecule has 3 unspecified atom stereocenters. The van der Waals surface area contributed by atoms with Crippen LogP contribution in [0.3, 0.4) is 0 Å². The number of hydrogen-bond acceptors (Lipinski definition) is 3. The van der Waals surface area contributed by atoms with Gasteiger partial charge in [0.15, 0.2) is 0 Å². The number of carbonyl (C=O) groups excluding carboxylic acids is 1. The molecule has 4 rings (SSSR count). The number of nitrogens with zero attached hydrogens (tertiary/aromatic N) is 2. The first kappa shape index (κ1) is 13.2. The highest BCUT2D eigenvalue weighted by Gasteiger charge is 2.61. The molecule has 1 aromatic carbocycles. The van der Waals surface area contributed by atoms with Gasteiger partial charge in [-0.05, 0) is 43.5 Å². The Morgan fingerprint density at radius 2 is 2.19 bits per heavy atom. The fraction of sp³-hybridized carbons (Fsp3) is 0.562. The van der Waals surface area contributed by atoms with E-state index in [2.05, 4.69) is 18.9 Å². The highest BCUT2D eigenvalue weighted by atomic mass is 19.1. The van der Waals surface area contributed by atoms with Crippen LogP contribution in [-0.4, -0.2) is 39.2 Å². The van der Waals surface area contributed by atoms with Crippen molar-refractivity contribution in [3.05, 3.63) is 35.1 Å². The Balaban J connectivity index is 1.85. The second-order valence-electron chi connectivity index (χ2n) is 6.98. The van der Waals surface area contributed by atoms with E-state index in [1.807, 2.05) is 6.07 Å². The quantitative estimate of drug-likeness (QED) is 0.855. The third-order valence-corrected chi connectivity index (χ3v) is 5.24. The van der Waals surface area contributed by atoms with Crippen LogP contribution in [0.4, 0.5) is 4.39 Å². The minimum atomic E-state index is -0.264. The van der Waals surface area contributed by atoms with Crippen molar-refractivity contribution in [3.8, 4) is 0 Å². The lowest BCUT2D eigenvalue weighted by Crippen LogP contribution is -2.46. The SMILES string of the molecule is CC1(C)CC(=O)N2C(CO)C3Cc4cc(F)ccc4C3N21. The van der Waals surface area contributed by atoms with Crippen LogP contribution in [0.1, 0.15) is 37.4 Å².